The van der Waals surface area contributed by atoms with E-state index in [1.165, 1.54) is 0 Å². The van der Waals surface area contributed by atoms with E-state index in [0.29, 0.717) is 11.1 Å². The number of benzene rings is 1. The summed E-state index contributed by atoms with van der Waals surface area (Å²) in [5.41, 5.74) is 1.24. The maximum absolute atomic E-state index is 12.0. The standard InChI is InChI=1S/C14H13BrF3NO3/c1-8-10-6-9(15)2-3-11(10)22-12(8)13(20)19-4-5-21-7-14(16,17)18/h2-3,6H,4-5,7H2,1H3,(H,19,20). The van der Waals surface area contributed by atoms with Gasteiger partial charge in [0.2, 0.25) is 0 Å². The largest absolute Gasteiger partial charge is 0.451 e. The maximum atomic E-state index is 12.0. The molecule has 0 aliphatic rings. The van der Waals surface area contributed by atoms with Gasteiger partial charge in [0.15, 0.2) is 5.76 Å². The van der Waals surface area contributed by atoms with Crippen LogP contribution in [-0.4, -0.2) is 31.8 Å². The number of amides is 1. The molecule has 8 heteroatoms. The number of halogens is 4. The number of rotatable bonds is 5. The molecule has 0 bridgehead atoms. The van der Waals surface area contributed by atoms with Crippen LogP contribution in [-0.2, 0) is 4.74 Å². The number of hydrogen-bond donors (Lipinski definition) is 1. The summed E-state index contributed by atoms with van der Waals surface area (Å²) in [4.78, 5) is 12.0. The fourth-order valence-corrected chi connectivity index (χ4v) is 2.28. The van der Waals surface area contributed by atoms with E-state index in [1.54, 1.807) is 19.1 Å². The Bertz CT molecular complexity index is 682. The van der Waals surface area contributed by atoms with Crippen LogP contribution in [0.2, 0.25) is 0 Å². The van der Waals surface area contributed by atoms with Gasteiger partial charge in [0, 0.05) is 22.0 Å². The van der Waals surface area contributed by atoms with E-state index >= 15 is 0 Å². The van der Waals surface area contributed by atoms with E-state index in [1.807, 2.05) is 6.07 Å². The fourth-order valence-electron chi connectivity index (χ4n) is 1.91. The third-order valence-electron chi connectivity index (χ3n) is 2.90. The number of furan rings is 1. The summed E-state index contributed by atoms with van der Waals surface area (Å²) in [6, 6.07) is 5.35. The molecule has 0 aliphatic heterocycles. The first-order valence-corrected chi connectivity index (χ1v) is 7.18. The summed E-state index contributed by atoms with van der Waals surface area (Å²) in [6.07, 6.45) is -4.37. The van der Waals surface area contributed by atoms with Gasteiger partial charge in [-0.3, -0.25) is 4.79 Å². The van der Waals surface area contributed by atoms with Crippen molar-refractivity contribution < 1.29 is 27.1 Å². The number of nitrogens with one attached hydrogen (secondary N) is 1. The van der Waals surface area contributed by atoms with Crippen LogP contribution >= 0.6 is 15.9 Å². The second-order valence-electron chi connectivity index (χ2n) is 4.62. The average molecular weight is 380 g/mol. The zero-order chi connectivity index (χ0) is 16.3. The Morgan fingerprint density at radius 3 is 2.82 bits per heavy atom. The van der Waals surface area contributed by atoms with E-state index in [0.717, 1.165) is 9.86 Å². The monoisotopic (exact) mass is 379 g/mol. The van der Waals surface area contributed by atoms with Crippen LogP contribution in [0.5, 0.6) is 0 Å². The van der Waals surface area contributed by atoms with Gasteiger partial charge in [0.05, 0.1) is 6.61 Å². The summed E-state index contributed by atoms with van der Waals surface area (Å²) < 4.78 is 46.4. The molecule has 1 aromatic carbocycles. The van der Waals surface area contributed by atoms with Crippen LogP contribution in [0.3, 0.4) is 0 Å². The second kappa shape index (κ2) is 6.70. The molecule has 0 spiro atoms. The van der Waals surface area contributed by atoms with Crippen molar-refractivity contribution in [3.8, 4) is 0 Å². The Hall–Kier alpha value is -1.54. The van der Waals surface area contributed by atoms with Crippen molar-refractivity contribution in [2.24, 2.45) is 0 Å². The first-order valence-electron chi connectivity index (χ1n) is 6.39. The van der Waals surface area contributed by atoms with Gasteiger partial charge in [-0.05, 0) is 25.1 Å². The Labute approximate surface area is 132 Å². The maximum Gasteiger partial charge on any atom is 0.411 e. The number of carbonyl (C=O) groups is 1. The van der Waals surface area contributed by atoms with Gasteiger partial charge in [-0.15, -0.1) is 0 Å². The van der Waals surface area contributed by atoms with Crippen LogP contribution in [0.25, 0.3) is 11.0 Å². The van der Waals surface area contributed by atoms with Crippen molar-refractivity contribution in [2.75, 3.05) is 19.8 Å². The highest BCUT2D eigenvalue weighted by Gasteiger charge is 2.27. The molecule has 0 atom stereocenters. The number of ether oxygens (including phenoxy) is 1. The molecule has 0 unspecified atom stereocenters. The van der Waals surface area contributed by atoms with Crippen molar-refractivity contribution in [3.63, 3.8) is 0 Å². The third-order valence-corrected chi connectivity index (χ3v) is 3.40. The summed E-state index contributed by atoms with van der Waals surface area (Å²) >= 11 is 3.34. The molecule has 1 aromatic heterocycles. The van der Waals surface area contributed by atoms with Gasteiger partial charge < -0.3 is 14.5 Å². The lowest BCUT2D eigenvalue weighted by molar-refractivity contribution is -0.173. The molecule has 1 heterocycles. The molecule has 0 fully saturated rings. The summed E-state index contributed by atoms with van der Waals surface area (Å²) in [5, 5.41) is 3.26. The van der Waals surface area contributed by atoms with Crippen molar-refractivity contribution in [1.82, 2.24) is 5.32 Å². The van der Waals surface area contributed by atoms with Gasteiger partial charge in [0.25, 0.3) is 5.91 Å². The minimum absolute atomic E-state index is 0.0326. The van der Waals surface area contributed by atoms with E-state index in [4.69, 9.17) is 4.42 Å². The van der Waals surface area contributed by atoms with E-state index in [-0.39, 0.29) is 18.9 Å². The molecule has 2 aromatic rings. The molecule has 2 rings (SSSR count). The molecule has 0 radical (unpaired) electrons. The SMILES string of the molecule is Cc1c(C(=O)NCCOCC(F)(F)F)oc2ccc(Br)cc12. The normalized spacial score (nSPS) is 11.9. The van der Waals surface area contributed by atoms with Gasteiger partial charge in [-0.1, -0.05) is 15.9 Å². The number of carbonyl (C=O) groups excluding carboxylic acids is 1. The summed E-state index contributed by atoms with van der Waals surface area (Å²) in [5.74, 6) is -0.343. The lowest BCUT2D eigenvalue weighted by Crippen LogP contribution is -2.29. The zero-order valence-corrected chi connectivity index (χ0v) is 13.2. The third kappa shape index (κ3) is 4.23. The second-order valence-corrected chi connectivity index (χ2v) is 5.54. The molecular formula is C14H13BrF3NO3. The fraction of sp³-hybridized carbons (Fsp3) is 0.357. The minimum atomic E-state index is -4.37. The lowest BCUT2D eigenvalue weighted by atomic mass is 10.1. The molecule has 0 saturated carbocycles. The molecule has 4 nitrogen and oxygen atoms in total. The van der Waals surface area contributed by atoms with Crippen molar-refractivity contribution in [3.05, 3.63) is 34.0 Å². The topological polar surface area (TPSA) is 51.5 Å². The number of fused-ring (bicyclic) bond motifs is 1. The zero-order valence-electron chi connectivity index (χ0n) is 11.6. The van der Waals surface area contributed by atoms with E-state index in [9.17, 15) is 18.0 Å². The lowest BCUT2D eigenvalue weighted by Gasteiger charge is -2.08. The number of alkyl halides is 3. The first kappa shape index (κ1) is 16.8. The van der Waals surface area contributed by atoms with Crippen LogP contribution < -0.4 is 5.32 Å². The van der Waals surface area contributed by atoms with Gasteiger partial charge in [-0.2, -0.15) is 13.2 Å². The molecule has 120 valence electrons. The molecule has 22 heavy (non-hydrogen) atoms. The molecule has 1 N–H and O–H groups in total. The first-order chi connectivity index (χ1) is 10.3. The molecule has 0 saturated heterocycles. The number of aryl methyl sites for hydroxylation is 1. The Morgan fingerprint density at radius 1 is 1.41 bits per heavy atom. The molecule has 1 amide bonds. The summed E-state index contributed by atoms with van der Waals surface area (Å²) in [7, 11) is 0. The van der Waals surface area contributed by atoms with Gasteiger partial charge >= 0.3 is 6.18 Å². The quantitative estimate of drug-likeness (QED) is 0.803. The Morgan fingerprint density at radius 2 is 2.14 bits per heavy atom. The van der Waals surface area contributed by atoms with Crippen molar-refractivity contribution in [1.29, 1.82) is 0 Å². The van der Waals surface area contributed by atoms with E-state index < -0.39 is 18.7 Å². The predicted molar refractivity (Wildman–Crippen MR) is 77.9 cm³/mol. The highest BCUT2D eigenvalue weighted by atomic mass is 79.9. The van der Waals surface area contributed by atoms with Gasteiger partial charge in [0.1, 0.15) is 12.2 Å². The average Bonchev–Trinajstić information content (AvgIpc) is 2.74. The van der Waals surface area contributed by atoms with Gasteiger partial charge in [-0.25, -0.2) is 0 Å². The summed E-state index contributed by atoms with van der Waals surface area (Å²) in [6.45, 7) is 0.152. The van der Waals surface area contributed by atoms with E-state index in [2.05, 4.69) is 26.0 Å². The van der Waals surface area contributed by atoms with Crippen LogP contribution in [0.4, 0.5) is 13.2 Å². The van der Waals surface area contributed by atoms with Crippen molar-refractivity contribution >= 4 is 32.8 Å². The minimum Gasteiger partial charge on any atom is -0.451 e. The predicted octanol–water partition coefficient (Wildman–Crippen LogP) is 3.81. The molecular weight excluding hydrogens is 367 g/mol. The van der Waals surface area contributed by atoms with Crippen LogP contribution in [0.15, 0.2) is 27.1 Å². The highest BCUT2D eigenvalue weighted by molar-refractivity contribution is 9.10. The molecule has 0 aliphatic carbocycles. The Kier molecular flexibility index (Phi) is 5.12. The van der Waals surface area contributed by atoms with Crippen molar-refractivity contribution in [2.45, 2.75) is 13.1 Å². The number of hydrogen-bond acceptors (Lipinski definition) is 3. The smallest absolute Gasteiger partial charge is 0.411 e. The van der Waals surface area contributed by atoms with Crippen LogP contribution in [0.1, 0.15) is 16.1 Å². The highest BCUT2D eigenvalue weighted by Crippen LogP contribution is 2.27. The Balaban J connectivity index is 1.94. The van der Waals surface area contributed by atoms with Crippen LogP contribution in [0, 0.1) is 6.92 Å².